The van der Waals surface area contributed by atoms with Gasteiger partial charge in [0, 0.05) is 20.0 Å². The molecule has 0 aromatic rings. The van der Waals surface area contributed by atoms with Crippen molar-refractivity contribution in [2.75, 3.05) is 26.8 Å². The molecule has 8 nitrogen and oxygen atoms in total. The number of esters is 3. The molecule has 3 unspecified atom stereocenters. The van der Waals surface area contributed by atoms with Crippen LogP contribution in [-0.2, 0) is 33.4 Å². The zero-order chi connectivity index (χ0) is 23.6. The summed E-state index contributed by atoms with van der Waals surface area (Å²) in [5.74, 6) is -1.73. The predicted octanol–water partition coefficient (Wildman–Crippen LogP) is 3.51. The van der Waals surface area contributed by atoms with Gasteiger partial charge in [-0.05, 0) is 19.3 Å². The predicted molar refractivity (Wildman–Crippen MR) is 117 cm³/mol. The summed E-state index contributed by atoms with van der Waals surface area (Å²) in [4.78, 5) is 48.4. The van der Waals surface area contributed by atoms with E-state index in [4.69, 9.17) is 14.2 Å². The van der Waals surface area contributed by atoms with E-state index in [1.165, 1.54) is 4.90 Å². The van der Waals surface area contributed by atoms with E-state index in [1.54, 1.807) is 14.0 Å². The Hall–Kier alpha value is -2.12. The molecule has 0 aliphatic carbocycles. The van der Waals surface area contributed by atoms with Crippen LogP contribution in [0.5, 0.6) is 0 Å². The molecule has 0 radical (unpaired) electrons. The lowest BCUT2D eigenvalue weighted by Gasteiger charge is -2.20. The van der Waals surface area contributed by atoms with Gasteiger partial charge in [-0.3, -0.25) is 19.2 Å². The van der Waals surface area contributed by atoms with Gasteiger partial charge in [-0.2, -0.15) is 0 Å². The molecule has 0 N–H and O–H groups in total. The quantitative estimate of drug-likeness (QED) is 0.138. The Bertz CT molecular complexity index is 538. The van der Waals surface area contributed by atoms with Crippen LogP contribution in [0, 0.1) is 11.8 Å². The molecule has 0 spiro atoms. The van der Waals surface area contributed by atoms with Crippen molar-refractivity contribution < 1.29 is 33.4 Å². The van der Waals surface area contributed by atoms with Crippen LogP contribution in [0.4, 0.5) is 0 Å². The molecule has 0 aliphatic heterocycles. The Kier molecular flexibility index (Phi) is 16.3. The van der Waals surface area contributed by atoms with Crippen molar-refractivity contribution >= 4 is 24.3 Å². The van der Waals surface area contributed by atoms with Crippen LogP contribution < -0.4 is 0 Å². The maximum atomic E-state index is 12.3. The Morgan fingerprint density at radius 2 is 1.52 bits per heavy atom. The van der Waals surface area contributed by atoms with Gasteiger partial charge in [0.1, 0.15) is 13.2 Å². The van der Waals surface area contributed by atoms with Crippen LogP contribution in [0.25, 0.3) is 0 Å². The van der Waals surface area contributed by atoms with Gasteiger partial charge in [-0.25, -0.2) is 0 Å². The van der Waals surface area contributed by atoms with Crippen molar-refractivity contribution in [3.05, 3.63) is 0 Å². The van der Waals surface area contributed by atoms with E-state index in [1.807, 2.05) is 13.8 Å². The van der Waals surface area contributed by atoms with E-state index in [9.17, 15) is 19.2 Å². The van der Waals surface area contributed by atoms with E-state index in [-0.39, 0.29) is 43.4 Å². The van der Waals surface area contributed by atoms with Crippen LogP contribution in [-0.4, -0.2) is 62.1 Å². The molecule has 1 amide bonds. The largest absolute Gasteiger partial charge is 0.461 e. The minimum absolute atomic E-state index is 0.107. The highest BCUT2D eigenvalue weighted by molar-refractivity contribution is 5.73. The lowest BCUT2D eigenvalue weighted by atomic mass is 10.0. The van der Waals surface area contributed by atoms with Gasteiger partial charge in [-0.15, -0.1) is 0 Å². The Morgan fingerprint density at radius 3 is 2.06 bits per heavy atom. The number of unbranched alkanes of at least 4 members (excludes halogenated alkanes) is 3. The molecule has 0 heterocycles. The number of nitrogens with zero attached hydrogens (tertiary/aromatic N) is 1. The van der Waals surface area contributed by atoms with Crippen LogP contribution in [0.2, 0.25) is 0 Å². The molecule has 0 aromatic carbocycles. The topological polar surface area (TPSA) is 99.2 Å². The second-order valence-corrected chi connectivity index (χ2v) is 8.12. The second kappa shape index (κ2) is 17.5. The van der Waals surface area contributed by atoms with Crippen molar-refractivity contribution in [3.8, 4) is 0 Å². The molecular formula is C23H41NO7. The van der Waals surface area contributed by atoms with Gasteiger partial charge in [0.2, 0.25) is 6.41 Å². The first-order chi connectivity index (χ1) is 14.7. The number of hydrogen-bond donors (Lipinski definition) is 0. The summed E-state index contributed by atoms with van der Waals surface area (Å²) in [6.45, 7) is 7.69. The first kappa shape index (κ1) is 28.9. The SMILES string of the molecule is CCCCCCC(C)C(=O)OCC(COC(=O)C(C)CC)OC(=O)CCCN(C)C=O. The third-order valence-corrected chi connectivity index (χ3v) is 5.10. The molecule has 0 fully saturated rings. The standard InChI is InChI=1S/C23H41NO7/c1-6-8-9-10-12-19(4)23(28)30-16-20(15-29-22(27)18(3)7-2)31-21(26)13-11-14-24(5)17-25/h17-20H,6-16H2,1-5H3. The molecule has 0 saturated heterocycles. The van der Waals surface area contributed by atoms with Gasteiger partial charge in [0.15, 0.2) is 6.10 Å². The van der Waals surface area contributed by atoms with E-state index in [2.05, 4.69) is 6.92 Å². The van der Waals surface area contributed by atoms with Crippen LogP contribution in [0.3, 0.4) is 0 Å². The van der Waals surface area contributed by atoms with E-state index >= 15 is 0 Å². The third-order valence-electron chi connectivity index (χ3n) is 5.10. The highest BCUT2D eigenvalue weighted by Gasteiger charge is 2.22. The summed E-state index contributed by atoms with van der Waals surface area (Å²) in [5.41, 5.74) is 0. The summed E-state index contributed by atoms with van der Waals surface area (Å²) < 4.78 is 16.0. The number of carbonyl (C=O) groups is 4. The zero-order valence-electron chi connectivity index (χ0n) is 19.9. The Labute approximate surface area is 187 Å². The first-order valence-corrected chi connectivity index (χ1v) is 11.4. The minimum Gasteiger partial charge on any atom is -0.461 e. The number of ether oxygens (including phenoxy) is 3. The molecular weight excluding hydrogens is 402 g/mol. The molecule has 3 atom stereocenters. The fourth-order valence-corrected chi connectivity index (χ4v) is 2.68. The molecule has 0 saturated carbocycles. The summed E-state index contributed by atoms with van der Waals surface area (Å²) in [6, 6.07) is 0. The lowest BCUT2D eigenvalue weighted by Crippen LogP contribution is -2.32. The van der Waals surface area contributed by atoms with Gasteiger partial charge in [-0.1, -0.05) is 53.4 Å². The zero-order valence-corrected chi connectivity index (χ0v) is 19.9. The van der Waals surface area contributed by atoms with Gasteiger partial charge in [0.05, 0.1) is 11.8 Å². The van der Waals surface area contributed by atoms with Crippen LogP contribution >= 0.6 is 0 Å². The number of rotatable bonds is 18. The number of hydrogen-bond acceptors (Lipinski definition) is 7. The normalized spacial score (nSPS) is 13.6. The fourth-order valence-electron chi connectivity index (χ4n) is 2.68. The summed E-state index contributed by atoms with van der Waals surface area (Å²) in [6.07, 6.45) is 6.08. The Morgan fingerprint density at radius 1 is 0.903 bits per heavy atom. The molecule has 0 aromatic heterocycles. The van der Waals surface area contributed by atoms with Crippen LogP contribution in [0.1, 0.15) is 79.1 Å². The minimum atomic E-state index is -0.861. The van der Waals surface area contributed by atoms with Crippen molar-refractivity contribution in [3.63, 3.8) is 0 Å². The third kappa shape index (κ3) is 14.5. The van der Waals surface area contributed by atoms with Crippen molar-refractivity contribution in [2.45, 2.75) is 85.2 Å². The highest BCUT2D eigenvalue weighted by Crippen LogP contribution is 2.13. The molecule has 180 valence electrons. The molecule has 0 rings (SSSR count). The second-order valence-electron chi connectivity index (χ2n) is 8.12. The lowest BCUT2D eigenvalue weighted by molar-refractivity contribution is -0.169. The molecule has 0 aliphatic rings. The monoisotopic (exact) mass is 443 g/mol. The van der Waals surface area contributed by atoms with Crippen molar-refractivity contribution in [1.29, 1.82) is 0 Å². The molecule has 31 heavy (non-hydrogen) atoms. The maximum absolute atomic E-state index is 12.3. The van der Waals surface area contributed by atoms with Gasteiger partial charge >= 0.3 is 17.9 Å². The molecule has 0 bridgehead atoms. The van der Waals surface area contributed by atoms with Crippen molar-refractivity contribution in [2.24, 2.45) is 11.8 Å². The van der Waals surface area contributed by atoms with E-state index in [0.29, 0.717) is 25.8 Å². The average Bonchev–Trinajstić information content (AvgIpc) is 2.76. The van der Waals surface area contributed by atoms with Crippen LogP contribution in [0.15, 0.2) is 0 Å². The highest BCUT2D eigenvalue weighted by atomic mass is 16.6. The van der Waals surface area contributed by atoms with Gasteiger partial charge < -0.3 is 19.1 Å². The molecule has 8 heteroatoms. The number of carbonyl (C=O) groups excluding carboxylic acids is 4. The van der Waals surface area contributed by atoms with E-state index < -0.39 is 12.1 Å². The van der Waals surface area contributed by atoms with E-state index in [0.717, 1.165) is 32.1 Å². The average molecular weight is 444 g/mol. The fraction of sp³-hybridized carbons (Fsp3) is 0.826. The van der Waals surface area contributed by atoms with Crippen molar-refractivity contribution in [1.82, 2.24) is 4.90 Å². The van der Waals surface area contributed by atoms with Gasteiger partial charge in [0.25, 0.3) is 0 Å². The summed E-state index contributed by atoms with van der Waals surface area (Å²) in [5, 5.41) is 0. The summed E-state index contributed by atoms with van der Waals surface area (Å²) >= 11 is 0. The smallest absolute Gasteiger partial charge is 0.308 e. The number of amides is 1. The Balaban J connectivity index is 4.64. The summed E-state index contributed by atoms with van der Waals surface area (Å²) in [7, 11) is 1.62. The maximum Gasteiger partial charge on any atom is 0.308 e. The first-order valence-electron chi connectivity index (χ1n) is 11.4.